The van der Waals surface area contributed by atoms with Crippen molar-refractivity contribution in [2.24, 2.45) is 7.05 Å². The van der Waals surface area contributed by atoms with Crippen LogP contribution in [-0.4, -0.2) is 83.2 Å². The van der Waals surface area contributed by atoms with Crippen molar-refractivity contribution in [3.63, 3.8) is 0 Å². The fourth-order valence-electron chi connectivity index (χ4n) is 7.21. The molecule has 0 bridgehead atoms. The standard InChI is InChI=1S/C21H18ClFN6O2.C21H21F3IN3O2/c1-28-19(5-8-25-28)27-21-24-7-4-17(26-21)13-6-9-29(20(31)11-13)18(12-30)14-2-3-15(22)16(23)10-14;22-14-6-5-13(19(18(14)24)27-16-7-4-12(25)9-15(16)23)20(29)28-10-21(30,11-28)17-3-1-2-8-26-17/h2-11,18,30H,12H2,1H3,(H,24,26,27);4-7,9,17,26-27,30H,1-3,8,10-11H2/t18-;17-/m10/s1. The first-order chi connectivity index (χ1) is 29.2. The average Bonchev–Trinajstić information content (AvgIpc) is 3.65. The summed E-state index contributed by atoms with van der Waals surface area (Å²) in [5.41, 5.74) is -0.463. The Bertz CT molecular complexity index is 2620. The Kier molecular flexibility index (Phi) is 13.4. The summed E-state index contributed by atoms with van der Waals surface area (Å²) < 4.78 is 60.1. The van der Waals surface area contributed by atoms with E-state index in [2.05, 4.69) is 31.0 Å². The molecule has 2 aliphatic rings. The number of carbonyl (C=O) groups excluding carboxylic acids is 1. The highest BCUT2D eigenvalue weighted by atomic mass is 127. The van der Waals surface area contributed by atoms with Crippen LogP contribution in [0.15, 0.2) is 96.2 Å². The van der Waals surface area contributed by atoms with Crippen LogP contribution in [-0.2, 0) is 7.05 Å². The number of carbonyl (C=O) groups is 1. The van der Waals surface area contributed by atoms with Gasteiger partial charge in [-0.05, 0) is 102 Å². The van der Waals surface area contributed by atoms with Crippen molar-refractivity contribution in [1.82, 2.24) is 34.5 Å². The predicted octanol–water partition coefficient (Wildman–Crippen LogP) is 6.94. The Hall–Kier alpha value is -5.41. The normalized spacial score (nSPS) is 16.2. The molecule has 5 heterocycles. The molecule has 6 aromatic rings. The van der Waals surface area contributed by atoms with Crippen molar-refractivity contribution in [2.75, 3.05) is 36.9 Å². The zero-order valence-electron chi connectivity index (χ0n) is 32.4. The zero-order valence-corrected chi connectivity index (χ0v) is 35.3. The first-order valence-electron chi connectivity index (χ1n) is 19.1. The topological polar surface area (TPSA) is 162 Å². The number of pyridine rings is 1. The van der Waals surface area contributed by atoms with Crippen molar-refractivity contribution in [2.45, 2.75) is 36.9 Å². The summed E-state index contributed by atoms with van der Waals surface area (Å²) >= 11 is 7.67. The van der Waals surface area contributed by atoms with Crippen LogP contribution in [0.3, 0.4) is 0 Å². The van der Waals surface area contributed by atoms with Gasteiger partial charge >= 0.3 is 0 Å². The number of hydrogen-bond acceptors (Lipinski definition) is 10. The van der Waals surface area contributed by atoms with Crippen molar-refractivity contribution in [3.8, 4) is 11.3 Å². The van der Waals surface area contributed by atoms with Gasteiger partial charge in [0.05, 0.1) is 59.6 Å². The number of aromatic nitrogens is 5. The number of halogens is 6. The van der Waals surface area contributed by atoms with Gasteiger partial charge in [0.1, 0.15) is 23.1 Å². The Morgan fingerprint density at radius 2 is 1.79 bits per heavy atom. The highest BCUT2D eigenvalue weighted by Crippen LogP contribution is 2.34. The number of hydrogen-bond donors (Lipinski definition) is 5. The fourth-order valence-corrected chi connectivity index (χ4v) is 7.78. The molecule has 5 N–H and O–H groups in total. The lowest BCUT2D eigenvalue weighted by Crippen LogP contribution is -2.72. The molecular weight excluding hydrogens is 933 g/mol. The van der Waals surface area contributed by atoms with E-state index >= 15 is 0 Å². The lowest BCUT2D eigenvalue weighted by molar-refractivity contribution is -0.108. The summed E-state index contributed by atoms with van der Waals surface area (Å²) in [7, 11) is 1.79. The summed E-state index contributed by atoms with van der Waals surface area (Å²) in [5, 5.41) is 33.6. The maximum Gasteiger partial charge on any atom is 0.256 e. The van der Waals surface area contributed by atoms with Gasteiger partial charge < -0.3 is 35.6 Å². The Morgan fingerprint density at radius 1 is 0.984 bits per heavy atom. The molecule has 0 spiro atoms. The lowest BCUT2D eigenvalue weighted by Gasteiger charge is -2.51. The van der Waals surface area contributed by atoms with Crippen LogP contribution in [0.4, 0.5) is 40.7 Å². The van der Waals surface area contributed by atoms with Crippen molar-refractivity contribution in [1.29, 1.82) is 0 Å². The molecule has 1 amide bonds. The molecule has 3 aromatic carbocycles. The monoisotopic (exact) mass is 971 g/mol. The van der Waals surface area contributed by atoms with Gasteiger partial charge in [0.2, 0.25) is 5.95 Å². The van der Waals surface area contributed by atoms with E-state index in [4.69, 9.17) is 11.6 Å². The van der Waals surface area contributed by atoms with Crippen LogP contribution in [0.1, 0.15) is 41.2 Å². The summed E-state index contributed by atoms with van der Waals surface area (Å²) in [4.78, 5) is 35.8. The second-order valence-electron chi connectivity index (χ2n) is 14.6. The van der Waals surface area contributed by atoms with E-state index in [1.165, 1.54) is 45.9 Å². The van der Waals surface area contributed by atoms with E-state index in [1.54, 1.807) is 60.7 Å². The number of aryl methyl sites for hydroxylation is 1. The van der Waals surface area contributed by atoms with Crippen LogP contribution in [0, 0.1) is 26.8 Å². The van der Waals surface area contributed by atoms with Crippen molar-refractivity contribution >= 4 is 63.2 Å². The summed E-state index contributed by atoms with van der Waals surface area (Å²) in [6, 6.07) is 16.2. The van der Waals surface area contributed by atoms with Gasteiger partial charge in [0, 0.05) is 46.7 Å². The second kappa shape index (κ2) is 18.7. The van der Waals surface area contributed by atoms with E-state index in [-0.39, 0.29) is 47.6 Å². The molecule has 318 valence electrons. The molecule has 2 fully saturated rings. The smallest absolute Gasteiger partial charge is 0.256 e. The van der Waals surface area contributed by atoms with E-state index in [0.717, 1.165) is 31.9 Å². The number of nitrogens with zero attached hydrogens (tertiary/aromatic N) is 6. The second-order valence-corrected chi connectivity index (χ2v) is 16.2. The van der Waals surface area contributed by atoms with Crippen LogP contribution in [0.5, 0.6) is 0 Å². The van der Waals surface area contributed by atoms with E-state index in [1.807, 2.05) is 22.6 Å². The lowest BCUT2D eigenvalue weighted by atomic mass is 9.81. The van der Waals surface area contributed by atoms with Gasteiger partial charge in [-0.3, -0.25) is 14.3 Å². The molecule has 61 heavy (non-hydrogen) atoms. The van der Waals surface area contributed by atoms with Crippen LogP contribution in [0.25, 0.3) is 11.3 Å². The van der Waals surface area contributed by atoms with Gasteiger partial charge in [-0.1, -0.05) is 24.1 Å². The molecule has 2 atom stereocenters. The Balaban J connectivity index is 0.000000184. The molecule has 0 unspecified atom stereocenters. The summed E-state index contributed by atoms with van der Waals surface area (Å²) in [5.74, 6) is -3.15. The number of aliphatic hydroxyl groups excluding tert-OH is 1. The molecule has 13 nitrogen and oxygen atoms in total. The molecule has 0 aliphatic carbocycles. The first-order valence-corrected chi connectivity index (χ1v) is 20.5. The number of rotatable bonds is 10. The fraction of sp³-hybridized carbons (Fsp3) is 0.262. The largest absolute Gasteiger partial charge is 0.394 e. The minimum atomic E-state index is -1.26. The Labute approximate surface area is 365 Å². The number of nitrogens with one attached hydrogen (secondary N) is 3. The number of benzene rings is 3. The number of aliphatic hydroxyl groups is 2. The number of piperidine rings is 1. The van der Waals surface area contributed by atoms with Gasteiger partial charge in [0.15, 0.2) is 11.6 Å². The van der Waals surface area contributed by atoms with Gasteiger partial charge in [0.25, 0.3) is 11.5 Å². The number of likely N-dealkylation sites (tertiary alicyclic amines) is 1. The third-order valence-electron chi connectivity index (χ3n) is 10.5. The molecule has 0 radical (unpaired) electrons. The summed E-state index contributed by atoms with van der Waals surface area (Å²) in [6.07, 6.45) is 7.65. The van der Waals surface area contributed by atoms with E-state index < -0.39 is 46.5 Å². The number of anilines is 4. The molecular formula is C42H39ClF4IN9O4. The van der Waals surface area contributed by atoms with Gasteiger partial charge in [-0.2, -0.15) is 5.10 Å². The minimum absolute atomic E-state index is 0.0255. The van der Waals surface area contributed by atoms with Crippen molar-refractivity contribution < 1.29 is 32.6 Å². The van der Waals surface area contributed by atoms with Crippen LogP contribution >= 0.6 is 34.2 Å². The Morgan fingerprint density at radius 3 is 2.46 bits per heavy atom. The SMILES string of the molecule is Cn1nccc1Nc1nccc(-c2ccn([C@H](CO)c3ccc(Cl)c(F)c3)c(=O)c2)n1.O=C(c1ccc(F)c(F)c1Nc1ccc(I)cc1F)N1CC(O)([C@@H]2CCCCN2)C1. The molecule has 2 aliphatic heterocycles. The van der Waals surface area contributed by atoms with Crippen LogP contribution < -0.4 is 21.5 Å². The van der Waals surface area contributed by atoms with Crippen molar-refractivity contribution in [3.05, 3.63) is 145 Å². The molecule has 0 saturated carbocycles. The van der Waals surface area contributed by atoms with Crippen LogP contribution in [0.2, 0.25) is 5.02 Å². The highest BCUT2D eigenvalue weighted by molar-refractivity contribution is 14.1. The molecule has 19 heteroatoms. The van der Waals surface area contributed by atoms with E-state index in [0.29, 0.717) is 32.2 Å². The molecule has 2 saturated heterocycles. The maximum atomic E-state index is 14.6. The molecule has 8 rings (SSSR count). The first kappa shape index (κ1) is 43.7. The maximum absolute atomic E-state index is 14.6. The summed E-state index contributed by atoms with van der Waals surface area (Å²) in [6.45, 7) is 0.631. The molecule has 3 aromatic heterocycles. The highest BCUT2D eigenvalue weighted by Gasteiger charge is 2.49. The van der Waals surface area contributed by atoms with Gasteiger partial charge in [-0.15, -0.1) is 0 Å². The number of β-amino-alcohol motifs (C(OH)–C–C–N with tert-alkyl or cyclic N) is 1. The average molecular weight is 972 g/mol. The number of amides is 1. The zero-order chi connectivity index (χ0) is 43.4. The quantitative estimate of drug-likeness (QED) is 0.0719. The van der Waals surface area contributed by atoms with Gasteiger partial charge in [-0.25, -0.2) is 27.5 Å². The third kappa shape index (κ3) is 9.73. The minimum Gasteiger partial charge on any atom is -0.394 e. The predicted molar refractivity (Wildman–Crippen MR) is 230 cm³/mol. The third-order valence-corrected chi connectivity index (χ3v) is 11.5. The van der Waals surface area contributed by atoms with E-state index in [9.17, 15) is 37.4 Å².